The molecule has 7 nitrogen and oxygen atoms in total. The topological polar surface area (TPSA) is 83.7 Å². The van der Waals surface area contributed by atoms with Crippen LogP contribution in [-0.2, 0) is 16.0 Å². The predicted octanol–water partition coefficient (Wildman–Crippen LogP) is 2.90. The van der Waals surface area contributed by atoms with Gasteiger partial charge in [-0.1, -0.05) is 30.3 Å². The average Bonchev–Trinajstić information content (AvgIpc) is 3.19. The third kappa shape index (κ3) is 4.66. The summed E-state index contributed by atoms with van der Waals surface area (Å²) in [5.74, 6) is 1.02. The summed E-state index contributed by atoms with van der Waals surface area (Å²) in [6, 6.07) is 14.8. The Labute approximate surface area is 181 Å². The Kier molecular flexibility index (Phi) is 6.11. The monoisotopic (exact) mass is 421 g/mol. The Balaban J connectivity index is 1.49. The van der Waals surface area contributed by atoms with Gasteiger partial charge < -0.3 is 24.7 Å². The van der Waals surface area contributed by atoms with Gasteiger partial charge in [0, 0.05) is 37.0 Å². The summed E-state index contributed by atoms with van der Waals surface area (Å²) >= 11 is 0. The van der Waals surface area contributed by atoms with E-state index in [1.807, 2.05) is 61.7 Å². The minimum Gasteiger partial charge on any atom is -0.486 e. The number of H-pyrrole nitrogens is 1. The molecule has 0 radical (unpaired) electrons. The van der Waals surface area contributed by atoms with E-state index in [2.05, 4.69) is 10.3 Å². The average molecular weight is 421 g/mol. The maximum Gasteiger partial charge on any atom is 0.245 e. The molecule has 2 aromatic carbocycles. The van der Waals surface area contributed by atoms with Crippen LogP contribution in [0.2, 0.25) is 0 Å². The van der Waals surface area contributed by atoms with Crippen molar-refractivity contribution in [2.24, 2.45) is 0 Å². The minimum absolute atomic E-state index is 0.134. The molecule has 2 atom stereocenters. The highest BCUT2D eigenvalue weighted by Gasteiger charge is 2.29. The fraction of sp³-hybridized carbons (Fsp3) is 0.333. The molecule has 0 saturated heterocycles. The minimum atomic E-state index is -0.659. The van der Waals surface area contributed by atoms with Crippen LogP contribution in [0.3, 0.4) is 0 Å². The number of nitrogens with zero attached hydrogens (tertiary/aromatic N) is 1. The second-order valence-corrected chi connectivity index (χ2v) is 7.69. The van der Waals surface area contributed by atoms with Crippen LogP contribution in [0, 0.1) is 0 Å². The third-order valence-corrected chi connectivity index (χ3v) is 5.46. The number of benzene rings is 2. The Morgan fingerprint density at radius 2 is 1.90 bits per heavy atom. The van der Waals surface area contributed by atoms with Crippen molar-refractivity contribution in [3.8, 4) is 11.5 Å². The van der Waals surface area contributed by atoms with E-state index in [1.165, 1.54) is 6.92 Å². The SMILES string of the molecule is CCN(C[C@@H]1COc2ccccc2O1)C(=O)[C@@H](Cc1c[nH]c2ccccc12)NC(C)=O. The summed E-state index contributed by atoms with van der Waals surface area (Å²) in [6.07, 6.45) is 2.03. The number of carbonyl (C=O) groups excluding carboxylic acids is 2. The summed E-state index contributed by atoms with van der Waals surface area (Å²) in [6.45, 7) is 4.61. The molecular weight excluding hydrogens is 394 g/mol. The van der Waals surface area contributed by atoms with E-state index in [-0.39, 0.29) is 17.9 Å². The van der Waals surface area contributed by atoms with Crippen molar-refractivity contribution in [2.45, 2.75) is 32.4 Å². The van der Waals surface area contributed by atoms with E-state index in [0.29, 0.717) is 37.6 Å². The number of aromatic nitrogens is 1. The number of amides is 2. The first-order valence-electron chi connectivity index (χ1n) is 10.5. The molecule has 31 heavy (non-hydrogen) atoms. The molecule has 0 fully saturated rings. The number of hydrogen-bond donors (Lipinski definition) is 2. The molecule has 1 aliphatic rings. The van der Waals surface area contributed by atoms with Gasteiger partial charge in [-0.15, -0.1) is 0 Å². The molecular formula is C24H27N3O4. The molecule has 4 rings (SSSR count). The molecule has 162 valence electrons. The van der Waals surface area contributed by atoms with Gasteiger partial charge in [0.1, 0.15) is 12.6 Å². The predicted molar refractivity (Wildman–Crippen MR) is 118 cm³/mol. The maximum absolute atomic E-state index is 13.4. The number of aromatic amines is 1. The molecule has 0 saturated carbocycles. The van der Waals surface area contributed by atoms with Gasteiger partial charge in [-0.3, -0.25) is 9.59 Å². The van der Waals surface area contributed by atoms with Crippen LogP contribution in [0.1, 0.15) is 19.4 Å². The highest BCUT2D eigenvalue weighted by molar-refractivity contribution is 5.89. The van der Waals surface area contributed by atoms with Crippen LogP contribution in [-0.4, -0.2) is 53.5 Å². The van der Waals surface area contributed by atoms with Gasteiger partial charge in [0.2, 0.25) is 11.8 Å². The Morgan fingerprint density at radius 3 is 2.68 bits per heavy atom. The molecule has 0 spiro atoms. The third-order valence-electron chi connectivity index (χ3n) is 5.46. The lowest BCUT2D eigenvalue weighted by Crippen LogP contribution is -2.52. The summed E-state index contributed by atoms with van der Waals surface area (Å²) in [5.41, 5.74) is 2.00. The molecule has 1 aromatic heterocycles. The lowest BCUT2D eigenvalue weighted by molar-refractivity contribution is -0.137. The second kappa shape index (κ2) is 9.12. The molecule has 3 aromatic rings. The Morgan fingerprint density at radius 1 is 1.16 bits per heavy atom. The van der Waals surface area contributed by atoms with E-state index in [1.54, 1.807) is 4.90 Å². The van der Waals surface area contributed by atoms with Gasteiger partial charge in [0.25, 0.3) is 0 Å². The zero-order valence-electron chi connectivity index (χ0n) is 17.8. The van der Waals surface area contributed by atoms with Gasteiger partial charge >= 0.3 is 0 Å². The van der Waals surface area contributed by atoms with Crippen LogP contribution in [0.4, 0.5) is 0 Å². The van der Waals surface area contributed by atoms with E-state index in [0.717, 1.165) is 16.5 Å². The van der Waals surface area contributed by atoms with Gasteiger partial charge in [-0.05, 0) is 30.7 Å². The van der Waals surface area contributed by atoms with Crippen molar-refractivity contribution in [2.75, 3.05) is 19.7 Å². The number of likely N-dealkylation sites (N-methyl/N-ethyl adjacent to an activating group) is 1. The fourth-order valence-corrected chi connectivity index (χ4v) is 3.96. The zero-order chi connectivity index (χ0) is 21.8. The molecule has 2 amide bonds. The molecule has 0 bridgehead atoms. The largest absolute Gasteiger partial charge is 0.486 e. The number of nitrogens with one attached hydrogen (secondary N) is 2. The van der Waals surface area contributed by atoms with Crippen LogP contribution in [0.25, 0.3) is 10.9 Å². The van der Waals surface area contributed by atoms with Crippen molar-refractivity contribution in [3.63, 3.8) is 0 Å². The lowest BCUT2D eigenvalue weighted by Gasteiger charge is -2.32. The molecule has 7 heteroatoms. The number of hydrogen-bond acceptors (Lipinski definition) is 4. The summed E-state index contributed by atoms with van der Waals surface area (Å²) in [4.78, 5) is 30.2. The van der Waals surface area contributed by atoms with Crippen molar-refractivity contribution < 1.29 is 19.1 Å². The number of para-hydroxylation sites is 3. The van der Waals surface area contributed by atoms with Gasteiger partial charge in [0.05, 0.1) is 6.54 Å². The van der Waals surface area contributed by atoms with Crippen LogP contribution in [0.15, 0.2) is 54.7 Å². The van der Waals surface area contributed by atoms with E-state index in [4.69, 9.17) is 9.47 Å². The molecule has 2 N–H and O–H groups in total. The van der Waals surface area contributed by atoms with Crippen molar-refractivity contribution in [1.82, 2.24) is 15.2 Å². The van der Waals surface area contributed by atoms with Crippen LogP contribution < -0.4 is 14.8 Å². The smallest absolute Gasteiger partial charge is 0.245 e. The maximum atomic E-state index is 13.4. The molecule has 0 aliphatic carbocycles. The quantitative estimate of drug-likeness (QED) is 0.615. The first-order valence-corrected chi connectivity index (χ1v) is 10.5. The first kappa shape index (κ1) is 20.8. The summed E-state index contributed by atoms with van der Waals surface area (Å²) < 4.78 is 11.8. The summed E-state index contributed by atoms with van der Waals surface area (Å²) in [5, 5.41) is 3.88. The number of ether oxygens (including phenoxy) is 2. The standard InChI is InChI=1S/C24H27N3O4/c1-3-27(14-18-15-30-22-10-6-7-11-23(22)31-18)24(29)21(26-16(2)28)12-17-13-25-20-9-5-4-8-19(17)20/h4-11,13,18,21,25H,3,12,14-15H2,1-2H3,(H,26,28)/t18-,21-/m1/s1. The highest BCUT2D eigenvalue weighted by Crippen LogP contribution is 2.31. The normalized spacial score (nSPS) is 16.0. The Hall–Kier alpha value is -3.48. The van der Waals surface area contributed by atoms with Crippen molar-refractivity contribution >= 4 is 22.7 Å². The van der Waals surface area contributed by atoms with Crippen LogP contribution >= 0.6 is 0 Å². The second-order valence-electron chi connectivity index (χ2n) is 7.69. The number of rotatable bonds is 7. The zero-order valence-corrected chi connectivity index (χ0v) is 17.8. The van der Waals surface area contributed by atoms with Crippen LogP contribution in [0.5, 0.6) is 11.5 Å². The summed E-state index contributed by atoms with van der Waals surface area (Å²) in [7, 11) is 0. The lowest BCUT2D eigenvalue weighted by atomic mass is 10.0. The van der Waals surface area contributed by atoms with Gasteiger partial charge in [0.15, 0.2) is 17.6 Å². The van der Waals surface area contributed by atoms with Gasteiger partial charge in [-0.2, -0.15) is 0 Å². The number of fused-ring (bicyclic) bond motifs is 2. The van der Waals surface area contributed by atoms with E-state index < -0.39 is 6.04 Å². The molecule has 0 unspecified atom stereocenters. The fourth-order valence-electron chi connectivity index (χ4n) is 3.96. The van der Waals surface area contributed by atoms with E-state index >= 15 is 0 Å². The molecule has 2 heterocycles. The van der Waals surface area contributed by atoms with E-state index in [9.17, 15) is 9.59 Å². The highest BCUT2D eigenvalue weighted by atomic mass is 16.6. The van der Waals surface area contributed by atoms with Crippen molar-refractivity contribution in [1.29, 1.82) is 0 Å². The first-order chi connectivity index (χ1) is 15.0. The molecule has 1 aliphatic heterocycles. The van der Waals surface area contributed by atoms with Gasteiger partial charge in [-0.25, -0.2) is 0 Å². The number of carbonyl (C=O) groups is 2. The Bertz CT molecular complexity index is 1080. The van der Waals surface area contributed by atoms with Crippen molar-refractivity contribution in [3.05, 3.63) is 60.3 Å².